The highest BCUT2D eigenvalue weighted by Crippen LogP contribution is 2.15. The number of rotatable bonds is 19. The molecule has 0 aliphatic carbocycles. The van der Waals surface area contributed by atoms with Crippen molar-refractivity contribution in [2.45, 2.75) is 122 Å². The first kappa shape index (κ1) is 26.3. The van der Waals surface area contributed by atoms with E-state index in [9.17, 15) is 4.79 Å². The van der Waals surface area contributed by atoms with Gasteiger partial charge >= 0.3 is 0 Å². The molecule has 0 fully saturated rings. The SMILES string of the molecule is CCCCC/C=C/CCCCCCCCCCCCCCC(=O)n1nnc2ccccc21. The molecule has 0 spiro atoms. The molecule has 2 rings (SSSR count). The maximum atomic E-state index is 12.4. The summed E-state index contributed by atoms with van der Waals surface area (Å²) >= 11 is 0. The first-order valence-electron chi connectivity index (χ1n) is 13.3. The van der Waals surface area contributed by atoms with E-state index in [-0.39, 0.29) is 5.91 Å². The Kier molecular flexibility index (Phi) is 14.4. The predicted octanol–water partition coefficient (Wildman–Crippen LogP) is 8.67. The average molecular weight is 440 g/mol. The molecule has 1 heterocycles. The van der Waals surface area contributed by atoms with Crippen LogP contribution in [0.2, 0.25) is 0 Å². The Morgan fingerprint density at radius 3 is 1.91 bits per heavy atom. The summed E-state index contributed by atoms with van der Waals surface area (Å²) in [6, 6.07) is 7.63. The fourth-order valence-electron chi connectivity index (χ4n) is 4.21. The van der Waals surface area contributed by atoms with Crippen LogP contribution in [-0.2, 0) is 0 Å². The van der Waals surface area contributed by atoms with E-state index in [0.717, 1.165) is 23.9 Å². The minimum Gasteiger partial charge on any atom is -0.273 e. The molecule has 178 valence electrons. The highest BCUT2D eigenvalue weighted by Gasteiger charge is 2.10. The van der Waals surface area contributed by atoms with Crippen molar-refractivity contribution in [3.63, 3.8) is 0 Å². The molecule has 2 aromatic rings. The van der Waals surface area contributed by atoms with Gasteiger partial charge in [0.15, 0.2) is 0 Å². The van der Waals surface area contributed by atoms with Crippen molar-refractivity contribution in [2.75, 3.05) is 0 Å². The first-order chi connectivity index (χ1) is 15.8. The Labute approximate surface area is 195 Å². The van der Waals surface area contributed by atoms with Crippen LogP contribution in [0.1, 0.15) is 127 Å². The lowest BCUT2D eigenvalue weighted by Crippen LogP contribution is -2.12. The number of unbranched alkanes of at least 4 members (excludes halogenated alkanes) is 15. The number of aromatic nitrogens is 3. The van der Waals surface area contributed by atoms with Crippen molar-refractivity contribution in [1.29, 1.82) is 0 Å². The maximum absolute atomic E-state index is 12.4. The lowest BCUT2D eigenvalue weighted by atomic mass is 10.0. The van der Waals surface area contributed by atoms with Crippen LogP contribution >= 0.6 is 0 Å². The zero-order chi connectivity index (χ0) is 22.7. The normalized spacial score (nSPS) is 11.7. The Hall–Kier alpha value is -1.97. The van der Waals surface area contributed by atoms with Crippen LogP contribution in [0.15, 0.2) is 36.4 Å². The number of fused-ring (bicyclic) bond motifs is 1. The van der Waals surface area contributed by atoms with E-state index in [2.05, 4.69) is 29.4 Å². The van der Waals surface area contributed by atoms with E-state index >= 15 is 0 Å². The van der Waals surface area contributed by atoms with E-state index in [1.807, 2.05) is 24.3 Å². The summed E-state index contributed by atoms with van der Waals surface area (Å²) in [5.41, 5.74) is 1.60. The van der Waals surface area contributed by atoms with Crippen LogP contribution in [-0.4, -0.2) is 20.9 Å². The average Bonchev–Trinajstić information content (AvgIpc) is 3.25. The summed E-state index contributed by atoms with van der Waals surface area (Å²) in [6.07, 6.45) is 27.6. The molecular weight excluding hydrogens is 394 g/mol. The first-order valence-corrected chi connectivity index (χ1v) is 13.3. The molecule has 1 aromatic heterocycles. The molecular formula is C28H45N3O. The van der Waals surface area contributed by atoms with Crippen molar-refractivity contribution in [2.24, 2.45) is 0 Å². The smallest absolute Gasteiger partial charge is 0.248 e. The lowest BCUT2D eigenvalue weighted by Gasteiger charge is -2.03. The summed E-state index contributed by atoms with van der Waals surface area (Å²) < 4.78 is 1.46. The third-order valence-corrected chi connectivity index (χ3v) is 6.24. The fourth-order valence-corrected chi connectivity index (χ4v) is 4.21. The van der Waals surface area contributed by atoms with Crippen molar-refractivity contribution in [3.05, 3.63) is 36.4 Å². The summed E-state index contributed by atoms with van der Waals surface area (Å²) in [5, 5.41) is 8.07. The molecule has 0 atom stereocenters. The van der Waals surface area contributed by atoms with Crippen molar-refractivity contribution < 1.29 is 4.79 Å². The Bertz CT molecular complexity index is 765. The second kappa shape index (κ2) is 17.6. The van der Waals surface area contributed by atoms with Crippen molar-refractivity contribution in [1.82, 2.24) is 15.0 Å². The largest absolute Gasteiger partial charge is 0.273 e. The Morgan fingerprint density at radius 2 is 1.28 bits per heavy atom. The van der Waals surface area contributed by atoms with Gasteiger partial charge in [-0.1, -0.05) is 113 Å². The molecule has 0 aliphatic heterocycles. The van der Waals surface area contributed by atoms with Crippen molar-refractivity contribution >= 4 is 16.9 Å². The molecule has 0 unspecified atom stereocenters. The highest BCUT2D eigenvalue weighted by molar-refractivity contribution is 5.88. The third kappa shape index (κ3) is 11.1. The minimum atomic E-state index is 0.0571. The molecule has 4 heteroatoms. The van der Waals surface area contributed by atoms with Gasteiger partial charge in [0.25, 0.3) is 0 Å². The molecule has 32 heavy (non-hydrogen) atoms. The maximum Gasteiger partial charge on any atom is 0.248 e. The van der Waals surface area contributed by atoms with Gasteiger partial charge in [0, 0.05) is 6.42 Å². The second-order valence-electron chi connectivity index (χ2n) is 9.13. The number of hydrogen-bond acceptors (Lipinski definition) is 3. The Balaban J connectivity index is 1.33. The van der Waals surface area contributed by atoms with Crippen LogP contribution in [0.3, 0.4) is 0 Å². The number of benzene rings is 1. The third-order valence-electron chi connectivity index (χ3n) is 6.24. The molecule has 0 N–H and O–H groups in total. The quantitative estimate of drug-likeness (QED) is 0.162. The molecule has 4 nitrogen and oxygen atoms in total. The molecule has 0 aliphatic rings. The van der Waals surface area contributed by atoms with Crippen LogP contribution < -0.4 is 0 Å². The number of carbonyl (C=O) groups excluding carboxylic acids is 1. The number of allylic oxidation sites excluding steroid dienone is 2. The zero-order valence-corrected chi connectivity index (χ0v) is 20.4. The topological polar surface area (TPSA) is 47.8 Å². The van der Waals surface area contributed by atoms with E-state index in [4.69, 9.17) is 0 Å². The lowest BCUT2D eigenvalue weighted by molar-refractivity contribution is 0.0886. The van der Waals surface area contributed by atoms with Gasteiger partial charge in [0.1, 0.15) is 5.52 Å². The van der Waals surface area contributed by atoms with Crippen LogP contribution in [0, 0.1) is 0 Å². The summed E-state index contributed by atoms with van der Waals surface area (Å²) in [7, 11) is 0. The van der Waals surface area contributed by atoms with Gasteiger partial charge in [0.2, 0.25) is 5.91 Å². The van der Waals surface area contributed by atoms with Gasteiger partial charge in [-0.2, -0.15) is 4.68 Å². The summed E-state index contributed by atoms with van der Waals surface area (Å²) in [5.74, 6) is 0.0571. The van der Waals surface area contributed by atoms with Gasteiger partial charge in [0.05, 0.1) is 5.52 Å². The highest BCUT2D eigenvalue weighted by atomic mass is 16.2. The van der Waals surface area contributed by atoms with Crippen LogP contribution in [0.4, 0.5) is 0 Å². The standard InChI is InChI=1S/C28H45N3O/c1-2-3-4-5-6-7-8-9-10-11-12-13-14-15-16-17-18-19-20-25-28(32)31-27-24-22-21-23-26(27)29-30-31/h6-7,21-24H,2-5,8-20,25H2,1H3/b7-6+. The van der Waals surface area contributed by atoms with Gasteiger partial charge in [-0.3, -0.25) is 4.79 Å². The molecule has 1 aromatic carbocycles. The fraction of sp³-hybridized carbons (Fsp3) is 0.679. The molecule has 0 amide bonds. The molecule has 0 bridgehead atoms. The molecule has 0 saturated heterocycles. The second-order valence-corrected chi connectivity index (χ2v) is 9.13. The number of hydrogen-bond donors (Lipinski definition) is 0. The molecule has 0 saturated carbocycles. The van der Waals surface area contributed by atoms with E-state index < -0.39 is 0 Å². The number of nitrogens with zero attached hydrogens (tertiary/aromatic N) is 3. The van der Waals surface area contributed by atoms with Gasteiger partial charge in [-0.25, -0.2) is 0 Å². The number of para-hydroxylation sites is 1. The van der Waals surface area contributed by atoms with E-state index in [0.29, 0.717) is 6.42 Å². The zero-order valence-electron chi connectivity index (χ0n) is 20.4. The summed E-state index contributed by atoms with van der Waals surface area (Å²) in [4.78, 5) is 12.4. The molecule has 0 radical (unpaired) electrons. The predicted molar refractivity (Wildman–Crippen MR) is 136 cm³/mol. The van der Waals surface area contributed by atoms with E-state index in [1.54, 1.807) is 0 Å². The van der Waals surface area contributed by atoms with Gasteiger partial charge in [-0.05, 0) is 44.2 Å². The monoisotopic (exact) mass is 439 g/mol. The van der Waals surface area contributed by atoms with Gasteiger partial charge < -0.3 is 0 Å². The Morgan fingerprint density at radius 1 is 0.750 bits per heavy atom. The van der Waals surface area contributed by atoms with Crippen molar-refractivity contribution in [3.8, 4) is 0 Å². The summed E-state index contributed by atoms with van der Waals surface area (Å²) in [6.45, 7) is 2.26. The number of carbonyl (C=O) groups is 1. The van der Waals surface area contributed by atoms with Crippen LogP contribution in [0.5, 0.6) is 0 Å². The minimum absolute atomic E-state index is 0.0571. The van der Waals surface area contributed by atoms with Crippen LogP contribution in [0.25, 0.3) is 11.0 Å². The van der Waals surface area contributed by atoms with E-state index in [1.165, 1.54) is 101 Å². The van der Waals surface area contributed by atoms with Gasteiger partial charge in [-0.15, -0.1) is 5.10 Å².